The molecule has 0 spiro atoms. The number of fused-ring (bicyclic) bond motifs is 2. The van der Waals surface area contributed by atoms with E-state index < -0.39 is 57.3 Å². The molecule has 5 atom stereocenters. The summed E-state index contributed by atoms with van der Waals surface area (Å²) in [6.45, 7) is 20.3. The lowest BCUT2D eigenvalue weighted by Crippen LogP contribution is -2.59. The Hall–Kier alpha value is -2.64. The molecule has 2 aliphatic rings. The zero-order valence-corrected chi connectivity index (χ0v) is 27.6. The fourth-order valence-electron chi connectivity index (χ4n) is 6.19. The molecule has 0 aromatic carbocycles. The Morgan fingerprint density at radius 3 is 2.02 bits per heavy atom. The normalized spacial score (nSPS) is 29.7. The number of Topliss-reactive ketones (excluding diaryl/α,β-unsaturated/α-hetero) is 3. The standard InChI is InChI=1S/C35H52O7/c1-22(2)13-14-26-21-34(19-15-23(3)4)30(38)35(41-31(34)39,20-16-24(5)6)29(37)27(28(36)25(7)8)33(26,11)18-12-17-32(9,10)42-40/h12-13,15-17,25-27,40H,14,18-21H2,1-11H3/b17-12+/t26-,27+,33-,34+,35-/m0/s1. The zero-order valence-electron chi connectivity index (χ0n) is 27.6. The van der Waals surface area contributed by atoms with Gasteiger partial charge in [0.15, 0.2) is 5.78 Å². The summed E-state index contributed by atoms with van der Waals surface area (Å²) in [5.74, 6) is -4.21. The van der Waals surface area contributed by atoms with Gasteiger partial charge in [0.05, 0.1) is 5.92 Å². The Kier molecular flexibility index (Phi) is 11.3. The maximum absolute atomic E-state index is 14.9. The number of allylic oxidation sites excluding steroid dienone is 6. The van der Waals surface area contributed by atoms with Gasteiger partial charge in [0.25, 0.3) is 0 Å². The maximum atomic E-state index is 14.9. The number of rotatable bonds is 12. The van der Waals surface area contributed by atoms with Gasteiger partial charge in [0, 0.05) is 12.3 Å². The third-order valence-corrected chi connectivity index (χ3v) is 8.94. The van der Waals surface area contributed by atoms with E-state index in [1.807, 2.05) is 66.7 Å². The third kappa shape index (κ3) is 7.11. The van der Waals surface area contributed by atoms with Gasteiger partial charge in [0.1, 0.15) is 16.8 Å². The van der Waals surface area contributed by atoms with E-state index in [9.17, 15) is 24.4 Å². The third-order valence-electron chi connectivity index (χ3n) is 8.94. The Bertz CT molecular complexity index is 1190. The van der Waals surface area contributed by atoms with E-state index in [1.54, 1.807) is 39.8 Å². The molecule has 1 saturated carbocycles. The average Bonchev–Trinajstić information content (AvgIpc) is 3.10. The van der Waals surface area contributed by atoms with E-state index in [0.29, 0.717) is 6.42 Å². The minimum atomic E-state index is -2.07. The summed E-state index contributed by atoms with van der Waals surface area (Å²) in [7, 11) is 0. The first-order chi connectivity index (χ1) is 19.3. The van der Waals surface area contributed by atoms with Crippen molar-refractivity contribution in [1.29, 1.82) is 0 Å². The number of carbonyl (C=O) groups is 4. The summed E-state index contributed by atoms with van der Waals surface area (Å²) < 4.78 is 6.00. The minimum Gasteiger partial charge on any atom is -0.442 e. The Morgan fingerprint density at radius 1 is 0.976 bits per heavy atom. The summed E-state index contributed by atoms with van der Waals surface area (Å²) in [4.78, 5) is 62.3. The lowest BCUT2D eigenvalue weighted by atomic mass is 9.52. The molecule has 7 nitrogen and oxygen atoms in total. The first kappa shape index (κ1) is 35.6. The van der Waals surface area contributed by atoms with Crippen LogP contribution in [0.1, 0.15) is 108 Å². The van der Waals surface area contributed by atoms with Crippen molar-refractivity contribution in [3.63, 3.8) is 0 Å². The fourth-order valence-corrected chi connectivity index (χ4v) is 6.19. The zero-order chi connectivity index (χ0) is 32.3. The van der Waals surface area contributed by atoms with Gasteiger partial charge in [0.2, 0.25) is 11.4 Å². The van der Waals surface area contributed by atoms with Gasteiger partial charge in [-0.2, -0.15) is 0 Å². The van der Waals surface area contributed by atoms with Crippen molar-refractivity contribution in [2.24, 2.45) is 28.6 Å². The molecular formula is C35H52O7. The van der Waals surface area contributed by atoms with E-state index in [4.69, 9.17) is 4.74 Å². The molecule has 0 aromatic heterocycles. The molecule has 234 valence electrons. The van der Waals surface area contributed by atoms with Gasteiger partial charge in [-0.25, -0.2) is 4.89 Å². The number of hydrogen-bond donors (Lipinski definition) is 1. The van der Waals surface area contributed by atoms with Gasteiger partial charge in [-0.1, -0.05) is 67.9 Å². The summed E-state index contributed by atoms with van der Waals surface area (Å²) in [6, 6.07) is 0. The molecule has 1 N–H and O–H groups in total. The molecule has 1 heterocycles. The number of ketones is 3. The van der Waals surface area contributed by atoms with Crippen LogP contribution in [0.4, 0.5) is 0 Å². The van der Waals surface area contributed by atoms with E-state index in [0.717, 1.165) is 16.7 Å². The van der Waals surface area contributed by atoms with Crippen LogP contribution < -0.4 is 0 Å². The maximum Gasteiger partial charge on any atom is 0.321 e. The lowest BCUT2D eigenvalue weighted by molar-refractivity contribution is -0.297. The number of hydrogen-bond acceptors (Lipinski definition) is 7. The lowest BCUT2D eigenvalue weighted by Gasteiger charge is -2.47. The van der Waals surface area contributed by atoms with Crippen molar-refractivity contribution in [1.82, 2.24) is 0 Å². The second kappa shape index (κ2) is 13.3. The highest BCUT2D eigenvalue weighted by atomic mass is 17.1. The van der Waals surface area contributed by atoms with Crippen LogP contribution in [0.3, 0.4) is 0 Å². The SMILES string of the molecule is CC(C)=CC[C@H]1C[C@@]2(CC=C(C)C)C(=O)O[C@@](CC=C(C)C)(C(=O)[C@@H](C(=O)C(C)C)[C@@]1(C)C/C=C/C(C)(C)OO)C2=O. The van der Waals surface area contributed by atoms with E-state index in [1.165, 1.54) is 0 Å². The van der Waals surface area contributed by atoms with E-state index >= 15 is 0 Å². The smallest absolute Gasteiger partial charge is 0.321 e. The second-order valence-corrected chi connectivity index (χ2v) is 14.2. The first-order valence-corrected chi connectivity index (χ1v) is 15.1. The van der Waals surface area contributed by atoms with Crippen molar-refractivity contribution in [2.75, 3.05) is 0 Å². The molecule has 2 rings (SSSR count). The molecule has 1 aliphatic heterocycles. The largest absolute Gasteiger partial charge is 0.442 e. The fraction of sp³-hybridized carbons (Fsp3) is 0.657. The molecule has 0 radical (unpaired) electrons. The molecule has 0 aromatic rings. The molecule has 1 saturated heterocycles. The van der Waals surface area contributed by atoms with Crippen molar-refractivity contribution in [3.05, 3.63) is 47.1 Å². The number of esters is 1. The van der Waals surface area contributed by atoms with E-state index in [2.05, 4.69) is 4.89 Å². The average molecular weight is 585 g/mol. The van der Waals surface area contributed by atoms with Crippen LogP contribution in [0.2, 0.25) is 0 Å². The van der Waals surface area contributed by atoms with Crippen molar-refractivity contribution in [2.45, 2.75) is 119 Å². The van der Waals surface area contributed by atoms with Crippen molar-refractivity contribution in [3.8, 4) is 0 Å². The first-order valence-electron chi connectivity index (χ1n) is 15.1. The van der Waals surface area contributed by atoms with Crippen molar-refractivity contribution < 1.29 is 34.1 Å². The van der Waals surface area contributed by atoms with Crippen LogP contribution in [-0.2, 0) is 28.8 Å². The Labute approximate surface area is 252 Å². The van der Waals surface area contributed by atoms with Gasteiger partial charge >= 0.3 is 5.97 Å². The summed E-state index contributed by atoms with van der Waals surface area (Å²) in [6.07, 6.45) is 10.1. The van der Waals surface area contributed by atoms with Crippen LogP contribution in [0.15, 0.2) is 47.1 Å². The summed E-state index contributed by atoms with van der Waals surface area (Å²) >= 11 is 0. The highest BCUT2D eigenvalue weighted by molar-refractivity contribution is 6.27. The van der Waals surface area contributed by atoms with Gasteiger partial charge in [-0.3, -0.25) is 24.4 Å². The van der Waals surface area contributed by atoms with Gasteiger partial charge in [-0.05, 0) is 92.4 Å². The van der Waals surface area contributed by atoms with Crippen LogP contribution in [-0.4, -0.2) is 39.8 Å². The minimum absolute atomic E-state index is 0.104. The van der Waals surface area contributed by atoms with Crippen LogP contribution in [0.5, 0.6) is 0 Å². The van der Waals surface area contributed by atoms with Gasteiger partial charge < -0.3 is 4.74 Å². The molecule has 7 heteroatoms. The Morgan fingerprint density at radius 2 is 1.52 bits per heavy atom. The summed E-state index contributed by atoms with van der Waals surface area (Å²) in [5.41, 5.74) is -2.71. The molecule has 2 fully saturated rings. The second-order valence-electron chi connectivity index (χ2n) is 14.2. The monoisotopic (exact) mass is 584 g/mol. The van der Waals surface area contributed by atoms with Gasteiger partial charge in [-0.15, -0.1) is 0 Å². The van der Waals surface area contributed by atoms with Crippen LogP contribution in [0, 0.1) is 28.6 Å². The molecular weight excluding hydrogens is 532 g/mol. The van der Waals surface area contributed by atoms with Crippen LogP contribution >= 0.6 is 0 Å². The molecule has 1 aliphatic carbocycles. The molecule has 0 amide bonds. The number of ether oxygens (including phenoxy) is 1. The Balaban J connectivity index is 3.02. The predicted octanol–water partition coefficient (Wildman–Crippen LogP) is 7.56. The topological polar surface area (TPSA) is 107 Å². The highest BCUT2D eigenvalue weighted by Gasteiger charge is 2.72. The highest BCUT2D eigenvalue weighted by Crippen LogP contribution is 2.58. The molecule has 2 bridgehead atoms. The quantitative estimate of drug-likeness (QED) is 0.0829. The molecule has 0 unspecified atom stereocenters. The summed E-state index contributed by atoms with van der Waals surface area (Å²) in [5, 5.41) is 9.37. The predicted molar refractivity (Wildman–Crippen MR) is 165 cm³/mol. The molecule has 42 heavy (non-hydrogen) atoms. The number of carbonyl (C=O) groups excluding carboxylic acids is 4. The van der Waals surface area contributed by atoms with E-state index in [-0.39, 0.29) is 31.5 Å². The van der Waals surface area contributed by atoms with Crippen molar-refractivity contribution >= 4 is 23.3 Å². The van der Waals surface area contributed by atoms with Crippen LogP contribution in [0.25, 0.3) is 0 Å².